The summed E-state index contributed by atoms with van der Waals surface area (Å²) in [6.07, 6.45) is 0. The Morgan fingerprint density at radius 1 is 1.25 bits per heavy atom. The third kappa shape index (κ3) is 15.0. The molecule has 0 atom stereocenters. The molecule has 23 valence electrons. The van der Waals surface area contributed by atoms with Crippen LogP contribution in [0.5, 0.6) is 0 Å². The molecular weight excluding hydrogens is 93.0 g/mol. The molecule has 0 aromatic carbocycles. The van der Waals surface area contributed by atoms with Gasteiger partial charge in [0, 0.05) is 25.8 Å². The van der Waals surface area contributed by atoms with Crippen LogP contribution in [0.25, 0.3) is 0 Å². The number of rotatable bonds is 0. The van der Waals surface area contributed by atoms with E-state index < -0.39 is 0 Å². The smallest absolute Gasteiger partial charge is 0 e. The Kier molecular flexibility index (Phi) is 20.4. The predicted molar refractivity (Wildman–Crippen MR) is 6.34 cm³/mol. The molecule has 4 heteroatoms. The van der Waals surface area contributed by atoms with Gasteiger partial charge >= 0.3 is 0 Å². The van der Waals surface area contributed by atoms with Crippen LogP contribution < -0.4 is 0 Å². The van der Waals surface area contributed by atoms with Crippen LogP contribution in [-0.4, -0.2) is 10.5 Å². The van der Waals surface area contributed by atoms with E-state index in [0.717, 1.165) is 0 Å². The summed E-state index contributed by atoms with van der Waals surface area (Å²) in [5, 5.41) is 15.5. The van der Waals surface area contributed by atoms with Gasteiger partial charge in [0.1, 0.15) is 0 Å². The minimum absolute atomic E-state index is 0. The molecule has 0 aromatic heterocycles. The van der Waals surface area contributed by atoms with Gasteiger partial charge in [-0.15, -0.1) is 0 Å². The monoisotopic (exact) mass is 95.0 g/mol. The van der Waals surface area contributed by atoms with E-state index in [2.05, 4.69) is 5.04 Å². The summed E-state index contributed by atoms with van der Waals surface area (Å²) in [5.74, 6) is 0. The molecule has 0 rings (SSSR count). The van der Waals surface area contributed by atoms with Crippen LogP contribution in [0.2, 0.25) is 0 Å². The van der Waals surface area contributed by atoms with E-state index in [1.807, 2.05) is 0 Å². The Bertz CT molecular complexity index is 3.25. The molecule has 0 aliphatic heterocycles. The maximum Gasteiger partial charge on any atom is 0 e. The average Bonchev–Trinajstić information content (AvgIpc) is 0.918. The Morgan fingerprint density at radius 2 is 1.25 bits per heavy atom. The zero-order valence-electron chi connectivity index (χ0n) is 1.88. The Hall–Kier alpha value is 0.750. The van der Waals surface area contributed by atoms with Gasteiger partial charge in [0.05, 0.1) is 0 Å². The van der Waals surface area contributed by atoms with Crippen molar-refractivity contribution >= 4 is 0 Å². The molecule has 0 aromatic rings. The second kappa shape index (κ2) is 9.26. The van der Waals surface area contributed by atoms with Crippen LogP contribution in [0.4, 0.5) is 0 Å². The summed E-state index contributed by atoms with van der Waals surface area (Å²) < 4.78 is 0. The van der Waals surface area contributed by atoms with Crippen molar-refractivity contribution in [3.8, 4) is 0 Å². The molecule has 0 unspecified atom stereocenters. The second-order valence-electron chi connectivity index (χ2n) is 0.0816. The summed E-state index contributed by atoms with van der Waals surface area (Å²) in [4.78, 5) is 0. The van der Waals surface area contributed by atoms with Gasteiger partial charge in [0.15, 0.2) is 0 Å². The van der Waals surface area contributed by atoms with Crippen LogP contribution >= 0.6 is 0 Å². The van der Waals surface area contributed by atoms with Crippen molar-refractivity contribution < 1.29 is 41.4 Å². The summed E-state index contributed by atoms with van der Waals surface area (Å²) >= 11 is 0. The normalized spacial score (nSPS) is 4.50. The first kappa shape index (κ1) is 8.83. The molecule has 0 heterocycles. The van der Waals surface area contributed by atoms with Crippen LogP contribution in [0.1, 0.15) is 0 Å². The summed E-state index contributed by atoms with van der Waals surface area (Å²) in [6.45, 7) is 0. The van der Waals surface area contributed by atoms with E-state index in [4.69, 9.17) is 10.5 Å². The molecule has 3 nitrogen and oxygen atoms in total. The largest absolute Gasteiger partial charge is 0.221 e. The van der Waals surface area contributed by atoms with Crippen molar-refractivity contribution in [1.29, 1.82) is 0 Å². The quantitative estimate of drug-likeness (QED) is 0.327. The van der Waals surface area contributed by atoms with Crippen molar-refractivity contribution in [2.24, 2.45) is 0 Å². The molecule has 0 bridgehead atoms. The van der Waals surface area contributed by atoms with E-state index >= 15 is 0 Å². The molecule has 0 saturated heterocycles. The molecule has 0 spiro atoms. The number of hydrogen-bond acceptors (Lipinski definition) is 3. The Morgan fingerprint density at radius 3 is 1.25 bits per heavy atom. The summed E-state index contributed by atoms with van der Waals surface area (Å²) in [5.41, 5.74) is 0. The fourth-order valence-electron chi connectivity index (χ4n) is 0. The first-order chi connectivity index (χ1) is 1.41. The van der Waals surface area contributed by atoms with Gasteiger partial charge in [-0.25, -0.2) is 10.5 Å². The standard InChI is InChI=1S/H2O3.Sc/c1-3-2;/h1-2H;. The van der Waals surface area contributed by atoms with Gasteiger partial charge in [0.2, 0.25) is 0 Å². The molecule has 0 fully saturated rings. The van der Waals surface area contributed by atoms with Crippen LogP contribution in [0.3, 0.4) is 0 Å². The third-order valence-electron chi connectivity index (χ3n) is 0. The second-order valence-corrected chi connectivity index (χ2v) is 0.0816. The van der Waals surface area contributed by atoms with Gasteiger partial charge in [-0.05, 0) is 0 Å². The van der Waals surface area contributed by atoms with E-state index in [9.17, 15) is 0 Å². The van der Waals surface area contributed by atoms with E-state index in [1.165, 1.54) is 0 Å². The Balaban J connectivity index is 0. The van der Waals surface area contributed by atoms with E-state index in [-0.39, 0.29) is 25.8 Å². The molecule has 0 saturated carbocycles. The van der Waals surface area contributed by atoms with Gasteiger partial charge < -0.3 is 0 Å². The molecule has 1 radical (unpaired) electrons. The first-order valence-electron chi connectivity index (χ1n) is 0.365. The predicted octanol–water partition coefficient (Wildman–Crippen LogP) is -0.0535. The van der Waals surface area contributed by atoms with Crippen molar-refractivity contribution in [3.63, 3.8) is 0 Å². The Labute approximate surface area is 41.8 Å². The molecule has 2 N–H and O–H groups in total. The summed E-state index contributed by atoms with van der Waals surface area (Å²) in [7, 11) is 0. The zero-order valence-corrected chi connectivity index (χ0v) is 3.68. The topological polar surface area (TPSA) is 49.7 Å². The fourth-order valence-corrected chi connectivity index (χ4v) is 0. The van der Waals surface area contributed by atoms with E-state index in [1.54, 1.807) is 0 Å². The molecular formula is H2O3Sc. The van der Waals surface area contributed by atoms with Crippen LogP contribution in [-0.2, 0) is 30.9 Å². The minimum Gasteiger partial charge on any atom is -0.221 e. The third-order valence-corrected chi connectivity index (χ3v) is 0. The van der Waals surface area contributed by atoms with E-state index in [0.29, 0.717) is 0 Å². The van der Waals surface area contributed by atoms with Gasteiger partial charge in [-0.1, -0.05) is 5.04 Å². The van der Waals surface area contributed by atoms with Gasteiger partial charge in [0.25, 0.3) is 0 Å². The average molecular weight is 95.0 g/mol. The van der Waals surface area contributed by atoms with Crippen LogP contribution in [0, 0.1) is 0 Å². The summed E-state index contributed by atoms with van der Waals surface area (Å²) in [6, 6.07) is 0. The SMILES string of the molecule is OOO.[Sc]. The molecule has 4 heavy (non-hydrogen) atoms. The molecule has 0 aliphatic carbocycles. The van der Waals surface area contributed by atoms with Crippen molar-refractivity contribution in [2.45, 2.75) is 0 Å². The maximum absolute atomic E-state index is 6.62. The van der Waals surface area contributed by atoms with Gasteiger partial charge in [-0.2, -0.15) is 0 Å². The van der Waals surface area contributed by atoms with Gasteiger partial charge in [-0.3, -0.25) is 0 Å². The fraction of sp³-hybridized carbons (Fsp3) is 0. The molecule has 0 amide bonds. The van der Waals surface area contributed by atoms with Crippen molar-refractivity contribution in [3.05, 3.63) is 0 Å². The molecule has 0 aliphatic rings. The maximum atomic E-state index is 6.62. The minimum atomic E-state index is 0. The van der Waals surface area contributed by atoms with Crippen LogP contribution in [0.15, 0.2) is 0 Å². The first-order valence-corrected chi connectivity index (χ1v) is 0.365. The van der Waals surface area contributed by atoms with Crippen molar-refractivity contribution in [1.82, 2.24) is 0 Å². The van der Waals surface area contributed by atoms with Crippen molar-refractivity contribution in [2.75, 3.05) is 0 Å². The zero-order chi connectivity index (χ0) is 2.71. The number of hydrogen-bond donors (Lipinski definition) is 2.